The quantitative estimate of drug-likeness (QED) is 0.771. The summed E-state index contributed by atoms with van der Waals surface area (Å²) in [7, 11) is 0. The van der Waals surface area contributed by atoms with Gasteiger partial charge in [0, 0.05) is 19.2 Å². The molecule has 2 aromatic rings. The fourth-order valence-corrected chi connectivity index (χ4v) is 2.74. The van der Waals surface area contributed by atoms with Crippen LogP contribution < -0.4 is 4.74 Å². The molecule has 0 aliphatic heterocycles. The van der Waals surface area contributed by atoms with Crippen molar-refractivity contribution >= 4 is 43.2 Å². The summed E-state index contributed by atoms with van der Waals surface area (Å²) < 4.78 is 7.81. The Labute approximate surface area is 109 Å². The summed E-state index contributed by atoms with van der Waals surface area (Å²) in [6.07, 6.45) is 0. The van der Waals surface area contributed by atoms with Crippen molar-refractivity contribution in [2.75, 3.05) is 0 Å². The molecule has 1 aromatic carbocycles. The van der Waals surface area contributed by atoms with Gasteiger partial charge in [0.25, 0.3) is 0 Å². The predicted octanol–water partition coefficient (Wildman–Crippen LogP) is 4.85. The third-order valence-corrected chi connectivity index (χ3v) is 4.02. The first-order chi connectivity index (χ1) is 7.24. The highest BCUT2D eigenvalue weighted by Crippen LogP contribution is 2.22. The summed E-state index contributed by atoms with van der Waals surface area (Å²) in [5.74, 6) is 0.891. The zero-order chi connectivity index (χ0) is 10.7. The molecule has 0 saturated heterocycles. The highest BCUT2D eigenvalue weighted by Gasteiger charge is 1.99. The van der Waals surface area contributed by atoms with E-state index in [1.165, 1.54) is 4.88 Å². The van der Waals surface area contributed by atoms with Crippen LogP contribution in [0.4, 0.5) is 0 Å². The van der Waals surface area contributed by atoms with Crippen molar-refractivity contribution in [3.63, 3.8) is 0 Å². The third kappa shape index (κ3) is 3.33. The van der Waals surface area contributed by atoms with Gasteiger partial charge >= 0.3 is 0 Å². The van der Waals surface area contributed by atoms with E-state index in [0.717, 1.165) is 14.7 Å². The summed E-state index contributed by atoms with van der Waals surface area (Å²) >= 11 is 8.49. The van der Waals surface area contributed by atoms with Crippen LogP contribution in [0, 0.1) is 0 Å². The number of halogens is 2. The Morgan fingerprint density at radius 3 is 2.40 bits per heavy atom. The smallest absolute Gasteiger partial charge is 0.122 e. The van der Waals surface area contributed by atoms with E-state index in [2.05, 4.69) is 43.3 Å². The molecule has 0 fully saturated rings. The van der Waals surface area contributed by atoms with E-state index in [1.807, 2.05) is 24.3 Å². The molecule has 0 atom stereocenters. The Kier molecular flexibility index (Phi) is 3.83. The van der Waals surface area contributed by atoms with E-state index in [0.29, 0.717) is 6.61 Å². The van der Waals surface area contributed by atoms with E-state index < -0.39 is 0 Å². The topological polar surface area (TPSA) is 9.23 Å². The molecule has 0 saturated carbocycles. The van der Waals surface area contributed by atoms with Crippen LogP contribution in [0.25, 0.3) is 0 Å². The highest BCUT2D eigenvalue weighted by atomic mass is 79.9. The minimum atomic E-state index is 0.623. The maximum atomic E-state index is 5.63. The van der Waals surface area contributed by atoms with Crippen molar-refractivity contribution in [2.45, 2.75) is 6.61 Å². The van der Waals surface area contributed by atoms with Crippen molar-refractivity contribution in [1.29, 1.82) is 0 Å². The molecule has 0 aliphatic carbocycles. The molecular weight excluding hydrogens is 340 g/mol. The largest absolute Gasteiger partial charge is 0.488 e. The molecule has 2 rings (SSSR count). The van der Waals surface area contributed by atoms with Gasteiger partial charge in [-0.2, -0.15) is 0 Å². The zero-order valence-corrected chi connectivity index (χ0v) is 11.7. The van der Waals surface area contributed by atoms with Crippen LogP contribution >= 0.6 is 43.2 Å². The Morgan fingerprint density at radius 2 is 1.80 bits per heavy atom. The SMILES string of the molecule is Brc1ccc(OCc2cc(Br)cs2)cc1. The van der Waals surface area contributed by atoms with Gasteiger partial charge in [0.15, 0.2) is 0 Å². The lowest BCUT2D eigenvalue weighted by Crippen LogP contribution is -1.91. The van der Waals surface area contributed by atoms with Crippen LogP contribution in [0.1, 0.15) is 4.88 Å². The number of benzene rings is 1. The fourth-order valence-electron chi connectivity index (χ4n) is 1.11. The molecule has 0 unspecified atom stereocenters. The molecule has 15 heavy (non-hydrogen) atoms. The Morgan fingerprint density at radius 1 is 1.07 bits per heavy atom. The van der Waals surface area contributed by atoms with Crippen LogP contribution in [0.2, 0.25) is 0 Å². The van der Waals surface area contributed by atoms with Crippen LogP contribution in [0.5, 0.6) is 5.75 Å². The molecule has 0 aliphatic rings. The molecule has 0 spiro atoms. The zero-order valence-electron chi connectivity index (χ0n) is 7.74. The van der Waals surface area contributed by atoms with Gasteiger partial charge < -0.3 is 4.74 Å². The number of hydrogen-bond acceptors (Lipinski definition) is 2. The van der Waals surface area contributed by atoms with Gasteiger partial charge in [0.2, 0.25) is 0 Å². The summed E-state index contributed by atoms with van der Waals surface area (Å²) in [5, 5.41) is 2.06. The van der Waals surface area contributed by atoms with E-state index in [-0.39, 0.29) is 0 Å². The van der Waals surface area contributed by atoms with E-state index >= 15 is 0 Å². The van der Waals surface area contributed by atoms with Crippen molar-refractivity contribution in [3.05, 3.63) is 49.5 Å². The maximum absolute atomic E-state index is 5.63. The summed E-state index contributed by atoms with van der Waals surface area (Å²) in [4.78, 5) is 1.21. The standard InChI is InChI=1S/C11H8Br2OS/c12-8-1-3-10(4-2-8)14-6-11-5-9(13)7-15-11/h1-5,7H,6H2. The fraction of sp³-hybridized carbons (Fsp3) is 0.0909. The van der Waals surface area contributed by atoms with Gasteiger partial charge in [0.05, 0.1) is 0 Å². The second-order valence-electron chi connectivity index (χ2n) is 2.97. The molecule has 1 nitrogen and oxygen atoms in total. The van der Waals surface area contributed by atoms with Crippen LogP contribution in [0.15, 0.2) is 44.7 Å². The van der Waals surface area contributed by atoms with Gasteiger partial charge in [-0.3, -0.25) is 0 Å². The van der Waals surface area contributed by atoms with Gasteiger partial charge in [-0.25, -0.2) is 0 Å². The number of hydrogen-bond donors (Lipinski definition) is 0. The highest BCUT2D eigenvalue weighted by molar-refractivity contribution is 9.10. The molecule has 1 aromatic heterocycles. The van der Waals surface area contributed by atoms with E-state index in [4.69, 9.17) is 4.74 Å². The Balaban J connectivity index is 1.96. The molecule has 0 bridgehead atoms. The molecular formula is C11H8Br2OS. The summed E-state index contributed by atoms with van der Waals surface area (Å²) in [6.45, 7) is 0.623. The van der Waals surface area contributed by atoms with Crippen molar-refractivity contribution in [3.8, 4) is 5.75 Å². The molecule has 0 N–H and O–H groups in total. The Bertz CT molecular complexity index is 436. The van der Waals surface area contributed by atoms with Crippen LogP contribution in [-0.4, -0.2) is 0 Å². The predicted molar refractivity (Wildman–Crippen MR) is 70.5 cm³/mol. The Hall–Kier alpha value is -0.320. The van der Waals surface area contributed by atoms with Crippen molar-refractivity contribution in [1.82, 2.24) is 0 Å². The molecule has 1 heterocycles. The monoisotopic (exact) mass is 346 g/mol. The number of ether oxygens (including phenoxy) is 1. The van der Waals surface area contributed by atoms with E-state index in [1.54, 1.807) is 11.3 Å². The molecule has 0 amide bonds. The minimum Gasteiger partial charge on any atom is -0.488 e. The lowest BCUT2D eigenvalue weighted by Gasteiger charge is -2.03. The summed E-state index contributed by atoms with van der Waals surface area (Å²) in [6, 6.07) is 9.92. The van der Waals surface area contributed by atoms with Crippen molar-refractivity contribution < 1.29 is 4.74 Å². The average molecular weight is 348 g/mol. The number of rotatable bonds is 3. The second-order valence-corrected chi connectivity index (χ2v) is 5.80. The van der Waals surface area contributed by atoms with Gasteiger partial charge in [-0.1, -0.05) is 15.9 Å². The lowest BCUT2D eigenvalue weighted by atomic mass is 10.3. The first kappa shape index (κ1) is 11.2. The van der Waals surface area contributed by atoms with Gasteiger partial charge in [-0.05, 0) is 46.3 Å². The van der Waals surface area contributed by atoms with Gasteiger partial charge in [0.1, 0.15) is 12.4 Å². The first-order valence-electron chi connectivity index (χ1n) is 4.35. The van der Waals surface area contributed by atoms with Crippen LogP contribution in [-0.2, 0) is 6.61 Å². The second kappa shape index (κ2) is 5.14. The number of thiophene rings is 1. The summed E-state index contributed by atoms with van der Waals surface area (Å²) in [5.41, 5.74) is 0. The first-order valence-corrected chi connectivity index (χ1v) is 6.82. The maximum Gasteiger partial charge on any atom is 0.122 e. The molecule has 4 heteroatoms. The third-order valence-electron chi connectivity index (χ3n) is 1.82. The van der Waals surface area contributed by atoms with Gasteiger partial charge in [-0.15, -0.1) is 11.3 Å². The average Bonchev–Trinajstić information content (AvgIpc) is 2.64. The molecule has 78 valence electrons. The van der Waals surface area contributed by atoms with E-state index in [9.17, 15) is 0 Å². The van der Waals surface area contributed by atoms with Crippen LogP contribution in [0.3, 0.4) is 0 Å². The lowest BCUT2D eigenvalue weighted by molar-refractivity contribution is 0.310. The van der Waals surface area contributed by atoms with Crippen molar-refractivity contribution in [2.24, 2.45) is 0 Å². The normalized spacial score (nSPS) is 10.3. The minimum absolute atomic E-state index is 0.623. The molecule has 0 radical (unpaired) electrons.